The standard InChI is InChI=1S/C32H38FN3O3/c1-3-4-18-34-28-14-10-26(11-15-28)32(38)36(29-6-5-7-30(23-29)39-2)22-21-35-19-16-25(17-20-35)31(37)24-8-12-27(33)13-9-24/h5-15,23,25,34H,3-4,16-22H2,1-2H3. The molecule has 1 N–H and O–H groups in total. The summed E-state index contributed by atoms with van der Waals surface area (Å²) in [5.74, 6) is 0.310. The first-order valence-electron chi connectivity index (χ1n) is 13.8. The fraction of sp³-hybridized carbons (Fsp3) is 0.375. The Morgan fingerprint density at radius 1 is 1.00 bits per heavy atom. The highest BCUT2D eigenvalue weighted by Crippen LogP contribution is 2.25. The first kappa shape index (κ1) is 28.3. The molecule has 0 spiro atoms. The molecule has 0 saturated carbocycles. The number of unbranched alkanes of at least 4 members (excludes halogenated alkanes) is 1. The zero-order chi connectivity index (χ0) is 27.6. The number of methoxy groups -OCH3 is 1. The number of ketones is 1. The number of halogens is 1. The molecule has 0 atom stereocenters. The van der Waals surface area contributed by atoms with Crippen molar-refractivity contribution in [3.05, 3.63) is 89.7 Å². The Morgan fingerprint density at radius 3 is 2.36 bits per heavy atom. The van der Waals surface area contributed by atoms with Crippen LogP contribution in [0.25, 0.3) is 0 Å². The van der Waals surface area contributed by atoms with E-state index in [9.17, 15) is 14.0 Å². The Balaban J connectivity index is 1.40. The van der Waals surface area contributed by atoms with Crippen molar-refractivity contribution in [2.24, 2.45) is 5.92 Å². The quantitative estimate of drug-likeness (QED) is 0.220. The van der Waals surface area contributed by atoms with Crippen LogP contribution < -0.4 is 15.0 Å². The second kappa shape index (κ2) is 13.9. The van der Waals surface area contributed by atoms with E-state index in [0.717, 1.165) is 56.7 Å². The normalized spacial score (nSPS) is 14.1. The largest absolute Gasteiger partial charge is 0.497 e. The molecule has 1 amide bonds. The highest BCUT2D eigenvalue weighted by atomic mass is 19.1. The third-order valence-corrected chi connectivity index (χ3v) is 7.33. The van der Waals surface area contributed by atoms with Gasteiger partial charge in [0.1, 0.15) is 11.6 Å². The summed E-state index contributed by atoms with van der Waals surface area (Å²) in [6, 6.07) is 21.0. The molecular formula is C32H38FN3O3. The van der Waals surface area contributed by atoms with Crippen LogP contribution in [0.3, 0.4) is 0 Å². The van der Waals surface area contributed by atoms with Crippen molar-refractivity contribution >= 4 is 23.1 Å². The minimum absolute atomic E-state index is 0.0627. The molecule has 1 fully saturated rings. The molecule has 7 heteroatoms. The van der Waals surface area contributed by atoms with Gasteiger partial charge in [0.25, 0.3) is 5.91 Å². The average Bonchev–Trinajstić information content (AvgIpc) is 2.98. The monoisotopic (exact) mass is 531 g/mol. The summed E-state index contributed by atoms with van der Waals surface area (Å²) in [6.45, 7) is 5.82. The minimum Gasteiger partial charge on any atom is -0.497 e. The summed E-state index contributed by atoms with van der Waals surface area (Å²) < 4.78 is 18.7. The predicted molar refractivity (Wildman–Crippen MR) is 154 cm³/mol. The fourth-order valence-corrected chi connectivity index (χ4v) is 4.93. The zero-order valence-corrected chi connectivity index (χ0v) is 22.9. The third-order valence-electron chi connectivity index (χ3n) is 7.33. The van der Waals surface area contributed by atoms with Crippen LogP contribution in [0.5, 0.6) is 5.75 Å². The topological polar surface area (TPSA) is 61.9 Å². The van der Waals surface area contributed by atoms with Crippen LogP contribution in [0, 0.1) is 11.7 Å². The number of nitrogens with one attached hydrogen (secondary N) is 1. The van der Waals surface area contributed by atoms with Gasteiger partial charge in [0.05, 0.1) is 7.11 Å². The summed E-state index contributed by atoms with van der Waals surface area (Å²) >= 11 is 0. The summed E-state index contributed by atoms with van der Waals surface area (Å²) in [6.07, 6.45) is 3.72. The molecule has 1 aliphatic rings. The number of rotatable bonds is 12. The van der Waals surface area contributed by atoms with E-state index in [-0.39, 0.29) is 23.4 Å². The van der Waals surface area contributed by atoms with Crippen molar-refractivity contribution in [1.82, 2.24) is 4.90 Å². The maximum atomic E-state index is 13.7. The number of carbonyl (C=O) groups excluding carboxylic acids is 2. The van der Waals surface area contributed by atoms with Crippen LogP contribution in [-0.4, -0.2) is 56.4 Å². The average molecular weight is 532 g/mol. The smallest absolute Gasteiger partial charge is 0.258 e. The van der Waals surface area contributed by atoms with Crippen molar-refractivity contribution in [3.63, 3.8) is 0 Å². The molecule has 0 unspecified atom stereocenters. The lowest BCUT2D eigenvalue weighted by Crippen LogP contribution is -2.42. The van der Waals surface area contributed by atoms with E-state index in [0.29, 0.717) is 30.0 Å². The SMILES string of the molecule is CCCCNc1ccc(C(=O)N(CCN2CCC(C(=O)c3ccc(F)cc3)CC2)c2cccc(OC)c2)cc1. The zero-order valence-electron chi connectivity index (χ0n) is 22.9. The minimum atomic E-state index is -0.337. The summed E-state index contributed by atoms with van der Waals surface area (Å²) in [4.78, 5) is 30.7. The predicted octanol–water partition coefficient (Wildman–Crippen LogP) is 6.29. The molecule has 3 aromatic carbocycles. The number of amides is 1. The molecule has 0 bridgehead atoms. The molecule has 3 aromatic rings. The van der Waals surface area contributed by atoms with Crippen molar-refractivity contribution in [3.8, 4) is 5.75 Å². The van der Waals surface area contributed by atoms with Gasteiger partial charge in [-0.2, -0.15) is 0 Å². The van der Waals surface area contributed by atoms with Gasteiger partial charge >= 0.3 is 0 Å². The second-order valence-electron chi connectivity index (χ2n) is 10.0. The molecule has 6 nitrogen and oxygen atoms in total. The fourth-order valence-electron chi connectivity index (χ4n) is 4.93. The number of nitrogens with zero attached hydrogens (tertiary/aromatic N) is 2. The van der Waals surface area contributed by atoms with E-state index in [1.54, 1.807) is 24.1 Å². The van der Waals surface area contributed by atoms with Crippen LogP contribution in [0.2, 0.25) is 0 Å². The molecule has 206 valence electrons. The van der Waals surface area contributed by atoms with Gasteiger partial charge in [0, 0.05) is 54.1 Å². The Morgan fingerprint density at radius 2 is 1.69 bits per heavy atom. The van der Waals surface area contributed by atoms with Gasteiger partial charge in [0.2, 0.25) is 0 Å². The Labute approximate surface area is 230 Å². The Kier molecular flexibility index (Phi) is 10.1. The lowest BCUT2D eigenvalue weighted by atomic mass is 9.89. The van der Waals surface area contributed by atoms with Crippen molar-refractivity contribution in [2.75, 3.05) is 50.1 Å². The summed E-state index contributed by atoms with van der Waals surface area (Å²) in [5.41, 5.74) is 2.98. The van der Waals surface area contributed by atoms with Crippen LogP contribution in [0.15, 0.2) is 72.8 Å². The van der Waals surface area contributed by atoms with Crippen molar-refractivity contribution in [1.29, 1.82) is 0 Å². The third kappa shape index (κ3) is 7.67. The van der Waals surface area contributed by atoms with E-state index in [1.165, 1.54) is 12.1 Å². The molecule has 1 heterocycles. The van der Waals surface area contributed by atoms with Gasteiger partial charge in [-0.1, -0.05) is 19.4 Å². The number of Topliss-reactive ketones (excluding diaryl/α,β-unsaturated/α-hetero) is 1. The van der Waals surface area contributed by atoms with Crippen molar-refractivity contribution in [2.45, 2.75) is 32.6 Å². The van der Waals surface area contributed by atoms with Gasteiger partial charge < -0.3 is 19.9 Å². The van der Waals surface area contributed by atoms with Gasteiger partial charge in [-0.25, -0.2) is 4.39 Å². The molecule has 4 rings (SSSR count). The van der Waals surface area contributed by atoms with E-state index < -0.39 is 0 Å². The lowest BCUT2D eigenvalue weighted by molar-refractivity contribution is 0.0841. The summed E-state index contributed by atoms with van der Waals surface area (Å²) in [5, 5.41) is 3.39. The molecule has 39 heavy (non-hydrogen) atoms. The van der Waals surface area contributed by atoms with Gasteiger partial charge in [-0.15, -0.1) is 0 Å². The number of hydrogen-bond donors (Lipinski definition) is 1. The van der Waals surface area contributed by atoms with Gasteiger partial charge in [0.15, 0.2) is 5.78 Å². The lowest BCUT2D eigenvalue weighted by Gasteiger charge is -2.33. The first-order valence-corrected chi connectivity index (χ1v) is 13.8. The summed E-state index contributed by atoms with van der Waals surface area (Å²) in [7, 11) is 1.62. The number of benzene rings is 3. The van der Waals surface area contributed by atoms with Crippen molar-refractivity contribution < 1.29 is 18.7 Å². The maximum absolute atomic E-state index is 13.7. The molecular weight excluding hydrogens is 493 g/mol. The number of hydrogen-bond acceptors (Lipinski definition) is 5. The van der Waals surface area contributed by atoms with E-state index in [1.807, 2.05) is 48.5 Å². The van der Waals surface area contributed by atoms with E-state index in [2.05, 4.69) is 17.1 Å². The number of piperidine rings is 1. The number of likely N-dealkylation sites (tertiary alicyclic amines) is 1. The molecule has 0 aromatic heterocycles. The van der Waals surface area contributed by atoms with Crippen LogP contribution >= 0.6 is 0 Å². The molecule has 1 aliphatic heterocycles. The van der Waals surface area contributed by atoms with Crippen LogP contribution in [0.4, 0.5) is 15.8 Å². The van der Waals surface area contributed by atoms with Crippen LogP contribution in [-0.2, 0) is 0 Å². The van der Waals surface area contributed by atoms with E-state index in [4.69, 9.17) is 4.74 Å². The highest BCUT2D eigenvalue weighted by molar-refractivity contribution is 6.06. The maximum Gasteiger partial charge on any atom is 0.258 e. The Bertz CT molecular complexity index is 1220. The number of carbonyl (C=O) groups is 2. The number of anilines is 2. The van der Waals surface area contributed by atoms with Gasteiger partial charge in [-0.3, -0.25) is 9.59 Å². The van der Waals surface area contributed by atoms with E-state index >= 15 is 0 Å². The molecule has 1 saturated heterocycles. The molecule has 0 aliphatic carbocycles. The molecule has 0 radical (unpaired) electrons. The first-order chi connectivity index (χ1) is 19.0. The number of ether oxygens (including phenoxy) is 1. The van der Waals surface area contributed by atoms with Crippen LogP contribution in [0.1, 0.15) is 53.3 Å². The highest BCUT2D eigenvalue weighted by Gasteiger charge is 2.27. The van der Waals surface area contributed by atoms with Gasteiger partial charge in [-0.05, 0) is 93.0 Å². The second-order valence-corrected chi connectivity index (χ2v) is 10.0. The Hall–Kier alpha value is -3.71.